The number of nitrogen functional groups attached to an aromatic ring is 1. The van der Waals surface area contributed by atoms with Crippen molar-refractivity contribution < 1.29 is 8.42 Å². The van der Waals surface area contributed by atoms with E-state index >= 15 is 0 Å². The first-order chi connectivity index (χ1) is 9.37. The Morgan fingerprint density at radius 3 is 2.75 bits per heavy atom. The lowest BCUT2D eigenvalue weighted by atomic mass is 10.1. The van der Waals surface area contributed by atoms with E-state index in [-0.39, 0.29) is 0 Å². The van der Waals surface area contributed by atoms with Crippen molar-refractivity contribution in [1.82, 2.24) is 4.31 Å². The van der Waals surface area contributed by atoms with Crippen LogP contribution in [-0.4, -0.2) is 36.8 Å². The normalized spacial score (nSPS) is 21.1. The lowest BCUT2D eigenvalue weighted by Gasteiger charge is -2.32. The highest BCUT2D eigenvalue weighted by atomic mass is 32.2. The molecule has 1 unspecified atom stereocenters. The van der Waals surface area contributed by atoms with E-state index in [0.717, 1.165) is 23.3 Å². The van der Waals surface area contributed by atoms with Crippen molar-refractivity contribution in [3.63, 3.8) is 0 Å². The van der Waals surface area contributed by atoms with Crippen molar-refractivity contribution in [1.29, 1.82) is 0 Å². The summed E-state index contributed by atoms with van der Waals surface area (Å²) in [4.78, 5) is 0.291. The Morgan fingerprint density at radius 1 is 1.40 bits per heavy atom. The van der Waals surface area contributed by atoms with Gasteiger partial charge in [0.1, 0.15) is 4.90 Å². The summed E-state index contributed by atoms with van der Waals surface area (Å²) in [6.07, 6.45) is 0.985. The quantitative estimate of drug-likeness (QED) is 0.870. The zero-order valence-electron chi connectivity index (χ0n) is 12.2. The highest BCUT2D eigenvalue weighted by Crippen LogP contribution is 2.31. The van der Waals surface area contributed by atoms with E-state index in [0.29, 0.717) is 28.9 Å². The van der Waals surface area contributed by atoms with Crippen LogP contribution < -0.4 is 5.73 Å². The SMILES string of the molecule is CCC1CN(S(=O)(=O)c2c(N)ccc(C)c2C)CCS1. The van der Waals surface area contributed by atoms with E-state index in [9.17, 15) is 8.42 Å². The second kappa shape index (κ2) is 5.95. The summed E-state index contributed by atoms with van der Waals surface area (Å²) in [5.74, 6) is 0.850. The average molecular weight is 314 g/mol. The molecule has 4 nitrogen and oxygen atoms in total. The van der Waals surface area contributed by atoms with Crippen molar-refractivity contribution in [2.45, 2.75) is 37.3 Å². The smallest absolute Gasteiger partial charge is 0.245 e. The largest absolute Gasteiger partial charge is 0.398 e. The summed E-state index contributed by atoms with van der Waals surface area (Å²) < 4.78 is 27.4. The van der Waals surface area contributed by atoms with Gasteiger partial charge in [0.05, 0.1) is 5.69 Å². The number of nitrogens with two attached hydrogens (primary N) is 1. The molecule has 0 aromatic heterocycles. The van der Waals surface area contributed by atoms with Gasteiger partial charge in [0, 0.05) is 24.1 Å². The first-order valence-corrected chi connectivity index (χ1v) is 9.34. The summed E-state index contributed by atoms with van der Waals surface area (Å²) in [6, 6.07) is 3.55. The molecule has 2 N–H and O–H groups in total. The van der Waals surface area contributed by atoms with E-state index in [2.05, 4.69) is 6.92 Å². The molecule has 0 aliphatic carbocycles. The van der Waals surface area contributed by atoms with Gasteiger partial charge < -0.3 is 5.73 Å². The van der Waals surface area contributed by atoms with Gasteiger partial charge in [-0.15, -0.1) is 0 Å². The molecule has 1 aliphatic rings. The van der Waals surface area contributed by atoms with Crippen molar-refractivity contribution >= 4 is 27.5 Å². The van der Waals surface area contributed by atoms with Crippen LogP contribution in [0, 0.1) is 13.8 Å². The van der Waals surface area contributed by atoms with Gasteiger partial charge in [-0.1, -0.05) is 13.0 Å². The molecule has 1 aromatic carbocycles. The van der Waals surface area contributed by atoms with Crippen molar-refractivity contribution in [3.8, 4) is 0 Å². The van der Waals surface area contributed by atoms with Gasteiger partial charge in [0.25, 0.3) is 0 Å². The fourth-order valence-electron chi connectivity index (χ4n) is 2.44. The molecule has 1 aromatic rings. The number of nitrogens with zero attached hydrogens (tertiary/aromatic N) is 1. The molecule has 0 amide bonds. The molecule has 1 heterocycles. The molecule has 1 fully saturated rings. The molecule has 0 saturated carbocycles. The van der Waals surface area contributed by atoms with Crippen LogP contribution in [0.25, 0.3) is 0 Å². The molecule has 0 spiro atoms. The molecule has 1 saturated heterocycles. The summed E-state index contributed by atoms with van der Waals surface area (Å²) in [5.41, 5.74) is 8.00. The van der Waals surface area contributed by atoms with Gasteiger partial charge in [-0.05, 0) is 37.5 Å². The summed E-state index contributed by atoms with van der Waals surface area (Å²) in [5, 5.41) is 0.380. The van der Waals surface area contributed by atoms with Crippen molar-refractivity contribution in [3.05, 3.63) is 23.3 Å². The van der Waals surface area contributed by atoms with Crippen LogP contribution in [0.15, 0.2) is 17.0 Å². The third kappa shape index (κ3) is 2.82. The average Bonchev–Trinajstić information content (AvgIpc) is 2.43. The van der Waals surface area contributed by atoms with Crippen LogP contribution in [0.2, 0.25) is 0 Å². The molecule has 112 valence electrons. The van der Waals surface area contributed by atoms with Crippen LogP contribution in [0.4, 0.5) is 5.69 Å². The van der Waals surface area contributed by atoms with Crippen LogP contribution in [0.3, 0.4) is 0 Å². The minimum absolute atomic E-state index is 0.291. The van der Waals surface area contributed by atoms with E-state index < -0.39 is 10.0 Å². The highest BCUT2D eigenvalue weighted by molar-refractivity contribution is 8.00. The minimum atomic E-state index is -3.49. The van der Waals surface area contributed by atoms with Gasteiger partial charge in [-0.3, -0.25) is 0 Å². The molecule has 20 heavy (non-hydrogen) atoms. The van der Waals surface area contributed by atoms with Crippen LogP contribution in [-0.2, 0) is 10.0 Å². The van der Waals surface area contributed by atoms with Crippen molar-refractivity contribution in [2.75, 3.05) is 24.6 Å². The van der Waals surface area contributed by atoms with Gasteiger partial charge in [-0.25, -0.2) is 8.42 Å². The molecular weight excluding hydrogens is 292 g/mol. The first-order valence-electron chi connectivity index (χ1n) is 6.85. The fraction of sp³-hybridized carbons (Fsp3) is 0.571. The second-order valence-corrected chi connectivity index (χ2v) is 8.47. The third-order valence-corrected chi connectivity index (χ3v) is 7.30. The van der Waals surface area contributed by atoms with Crippen LogP contribution in [0.5, 0.6) is 0 Å². The molecule has 0 radical (unpaired) electrons. The van der Waals surface area contributed by atoms with Crippen LogP contribution in [0.1, 0.15) is 24.5 Å². The Kier molecular flexibility index (Phi) is 4.66. The van der Waals surface area contributed by atoms with E-state index in [1.807, 2.05) is 31.7 Å². The Balaban J connectivity index is 2.43. The predicted molar refractivity (Wildman–Crippen MR) is 85.6 cm³/mol. The monoisotopic (exact) mass is 314 g/mol. The molecule has 2 rings (SSSR count). The molecule has 1 aliphatic heterocycles. The zero-order valence-corrected chi connectivity index (χ0v) is 13.9. The number of thioether (sulfide) groups is 1. The molecule has 1 atom stereocenters. The van der Waals surface area contributed by atoms with E-state index in [1.165, 1.54) is 0 Å². The topological polar surface area (TPSA) is 63.4 Å². The maximum absolute atomic E-state index is 12.9. The van der Waals surface area contributed by atoms with Gasteiger partial charge in [-0.2, -0.15) is 16.1 Å². The Bertz CT molecular complexity index is 599. The van der Waals surface area contributed by atoms with Gasteiger partial charge in [0.2, 0.25) is 10.0 Å². The maximum atomic E-state index is 12.9. The van der Waals surface area contributed by atoms with E-state index in [1.54, 1.807) is 10.4 Å². The van der Waals surface area contributed by atoms with Gasteiger partial charge in [0.15, 0.2) is 0 Å². The Labute approximate surface area is 125 Å². The Hall–Kier alpha value is -0.720. The summed E-state index contributed by atoms with van der Waals surface area (Å²) in [7, 11) is -3.49. The fourth-order valence-corrected chi connectivity index (χ4v) is 5.71. The lowest BCUT2D eigenvalue weighted by molar-refractivity contribution is 0.416. The lowest BCUT2D eigenvalue weighted by Crippen LogP contribution is -2.42. The standard InChI is InChI=1S/C14H22N2O2S2/c1-4-12-9-16(7-8-19-12)20(17,18)14-11(3)10(2)5-6-13(14)15/h5-6,12H,4,7-9,15H2,1-3H3. The number of benzene rings is 1. The first kappa shape index (κ1) is 15.7. The summed E-state index contributed by atoms with van der Waals surface area (Å²) >= 11 is 1.85. The summed E-state index contributed by atoms with van der Waals surface area (Å²) in [6.45, 7) is 6.98. The number of hydrogen-bond acceptors (Lipinski definition) is 4. The third-order valence-electron chi connectivity index (χ3n) is 3.86. The minimum Gasteiger partial charge on any atom is -0.398 e. The molecular formula is C14H22N2O2S2. The number of rotatable bonds is 3. The number of hydrogen-bond donors (Lipinski definition) is 1. The number of anilines is 1. The second-order valence-electron chi connectivity index (χ2n) is 5.19. The molecule has 0 bridgehead atoms. The van der Waals surface area contributed by atoms with E-state index in [4.69, 9.17) is 5.73 Å². The van der Waals surface area contributed by atoms with Crippen LogP contribution >= 0.6 is 11.8 Å². The molecule has 6 heteroatoms. The van der Waals surface area contributed by atoms with Crippen molar-refractivity contribution in [2.24, 2.45) is 0 Å². The highest BCUT2D eigenvalue weighted by Gasteiger charge is 2.32. The van der Waals surface area contributed by atoms with Gasteiger partial charge >= 0.3 is 0 Å². The Morgan fingerprint density at radius 2 is 2.10 bits per heavy atom. The maximum Gasteiger partial charge on any atom is 0.245 e. The number of sulfonamides is 1. The zero-order chi connectivity index (χ0) is 14.9. The number of aryl methyl sites for hydroxylation is 1. The predicted octanol–water partition coefficient (Wildman–Crippen LogP) is 2.40.